The van der Waals surface area contributed by atoms with Gasteiger partial charge in [0.1, 0.15) is 11.6 Å². The highest BCUT2D eigenvalue weighted by Gasteiger charge is 2.16. The molecule has 4 nitrogen and oxygen atoms in total. The first-order valence-corrected chi connectivity index (χ1v) is 5.85. The van der Waals surface area contributed by atoms with Gasteiger partial charge in [0.2, 0.25) is 0 Å². The number of fused-ring (bicyclic) bond motifs is 1. The Bertz CT molecular complexity index is 511. The van der Waals surface area contributed by atoms with Crippen LogP contribution in [0.25, 0.3) is 11.2 Å². The molecule has 3 rings (SSSR count). The van der Waals surface area contributed by atoms with E-state index in [2.05, 4.69) is 45.8 Å². The number of H-pyrrole nitrogens is 1. The van der Waals surface area contributed by atoms with Crippen molar-refractivity contribution in [2.75, 3.05) is 18.0 Å². The maximum absolute atomic E-state index is 4.58. The molecular formula is C12H16N4. The van der Waals surface area contributed by atoms with Crippen LogP contribution >= 0.6 is 0 Å². The second kappa shape index (κ2) is 3.47. The highest BCUT2D eigenvalue weighted by molar-refractivity contribution is 5.73. The standard InChI is InChI=1S/C12H16N4/c1-8(2)11-13-9-4-5-10(14-12(9)15-11)16-6-3-7-16/h4-5,8H,3,6-7H2,1-2H3,(H,13,14,15). The number of nitrogens with zero attached hydrogens (tertiary/aromatic N) is 3. The van der Waals surface area contributed by atoms with Gasteiger partial charge in [0.25, 0.3) is 0 Å². The van der Waals surface area contributed by atoms with Crippen LogP contribution in [-0.2, 0) is 0 Å². The van der Waals surface area contributed by atoms with Crippen molar-refractivity contribution in [2.24, 2.45) is 0 Å². The topological polar surface area (TPSA) is 44.8 Å². The minimum absolute atomic E-state index is 0.418. The fourth-order valence-corrected chi connectivity index (χ4v) is 1.90. The summed E-state index contributed by atoms with van der Waals surface area (Å²) in [5.41, 5.74) is 1.88. The Morgan fingerprint density at radius 3 is 2.69 bits per heavy atom. The fraction of sp³-hybridized carbons (Fsp3) is 0.500. The summed E-state index contributed by atoms with van der Waals surface area (Å²) in [5.74, 6) is 2.49. The average molecular weight is 216 g/mol. The summed E-state index contributed by atoms with van der Waals surface area (Å²) in [7, 11) is 0. The molecule has 1 saturated heterocycles. The Kier molecular flexibility index (Phi) is 2.09. The van der Waals surface area contributed by atoms with Crippen molar-refractivity contribution < 1.29 is 0 Å². The van der Waals surface area contributed by atoms with Crippen molar-refractivity contribution in [1.82, 2.24) is 15.0 Å². The van der Waals surface area contributed by atoms with E-state index in [0.29, 0.717) is 5.92 Å². The van der Waals surface area contributed by atoms with E-state index < -0.39 is 0 Å². The number of anilines is 1. The first-order valence-electron chi connectivity index (χ1n) is 5.85. The lowest BCUT2D eigenvalue weighted by molar-refractivity contribution is 0.610. The highest BCUT2D eigenvalue weighted by Crippen LogP contribution is 2.22. The van der Waals surface area contributed by atoms with Gasteiger partial charge >= 0.3 is 0 Å². The molecule has 1 aliphatic rings. The molecule has 3 heterocycles. The van der Waals surface area contributed by atoms with Crippen LogP contribution < -0.4 is 4.90 Å². The molecule has 84 valence electrons. The zero-order valence-corrected chi connectivity index (χ0v) is 9.70. The van der Waals surface area contributed by atoms with Crippen molar-refractivity contribution >= 4 is 17.0 Å². The SMILES string of the molecule is CC(C)c1nc2nc(N3CCC3)ccc2[nH]1. The lowest BCUT2D eigenvalue weighted by Crippen LogP contribution is -2.37. The molecule has 0 spiro atoms. The monoisotopic (exact) mass is 216 g/mol. The molecular weight excluding hydrogens is 200 g/mol. The van der Waals surface area contributed by atoms with Gasteiger partial charge in [-0.15, -0.1) is 0 Å². The number of aromatic nitrogens is 3. The summed E-state index contributed by atoms with van der Waals surface area (Å²) >= 11 is 0. The molecule has 0 unspecified atom stereocenters. The fourth-order valence-electron chi connectivity index (χ4n) is 1.90. The third-order valence-corrected chi connectivity index (χ3v) is 3.08. The Hall–Kier alpha value is -1.58. The van der Waals surface area contributed by atoms with E-state index >= 15 is 0 Å². The zero-order chi connectivity index (χ0) is 11.1. The Morgan fingerprint density at radius 1 is 1.25 bits per heavy atom. The minimum atomic E-state index is 0.418. The molecule has 0 aromatic carbocycles. The molecule has 0 atom stereocenters. The van der Waals surface area contributed by atoms with Crippen molar-refractivity contribution in [3.05, 3.63) is 18.0 Å². The average Bonchev–Trinajstić information content (AvgIpc) is 2.57. The van der Waals surface area contributed by atoms with Gasteiger partial charge in [-0.2, -0.15) is 0 Å². The summed E-state index contributed by atoms with van der Waals surface area (Å²) < 4.78 is 0. The normalized spacial score (nSPS) is 15.8. The number of hydrogen-bond donors (Lipinski definition) is 1. The maximum atomic E-state index is 4.58. The van der Waals surface area contributed by atoms with Gasteiger partial charge in [-0.25, -0.2) is 9.97 Å². The molecule has 2 aromatic heterocycles. The van der Waals surface area contributed by atoms with Crippen LogP contribution in [0.5, 0.6) is 0 Å². The van der Waals surface area contributed by atoms with Crippen molar-refractivity contribution in [1.29, 1.82) is 0 Å². The van der Waals surface area contributed by atoms with Crippen molar-refractivity contribution in [3.8, 4) is 0 Å². The van der Waals surface area contributed by atoms with Crippen LogP contribution in [0, 0.1) is 0 Å². The van der Waals surface area contributed by atoms with Crippen molar-refractivity contribution in [2.45, 2.75) is 26.2 Å². The maximum Gasteiger partial charge on any atom is 0.179 e. The molecule has 0 amide bonds. The molecule has 0 saturated carbocycles. The van der Waals surface area contributed by atoms with E-state index in [9.17, 15) is 0 Å². The predicted molar refractivity (Wildman–Crippen MR) is 64.8 cm³/mol. The summed E-state index contributed by atoms with van der Waals surface area (Å²) in [6, 6.07) is 4.15. The molecule has 1 aliphatic heterocycles. The van der Waals surface area contributed by atoms with Gasteiger partial charge in [-0.1, -0.05) is 13.8 Å². The van der Waals surface area contributed by atoms with E-state index in [4.69, 9.17) is 0 Å². The largest absolute Gasteiger partial charge is 0.356 e. The third-order valence-electron chi connectivity index (χ3n) is 3.08. The van der Waals surface area contributed by atoms with Gasteiger partial charge < -0.3 is 9.88 Å². The van der Waals surface area contributed by atoms with Gasteiger partial charge in [0, 0.05) is 19.0 Å². The summed E-state index contributed by atoms with van der Waals surface area (Å²) in [6.07, 6.45) is 1.28. The molecule has 16 heavy (non-hydrogen) atoms. The predicted octanol–water partition coefficient (Wildman–Crippen LogP) is 2.29. The minimum Gasteiger partial charge on any atom is -0.356 e. The Labute approximate surface area is 94.7 Å². The van der Waals surface area contributed by atoms with Crippen LogP contribution in [0.1, 0.15) is 32.0 Å². The van der Waals surface area contributed by atoms with E-state index in [1.54, 1.807) is 0 Å². The zero-order valence-electron chi connectivity index (χ0n) is 9.70. The lowest BCUT2D eigenvalue weighted by Gasteiger charge is -2.31. The molecule has 2 aromatic rings. The van der Waals surface area contributed by atoms with Gasteiger partial charge in [0.05, 0.1) is 5.52 Å². The number of imidazole rings is 1. The molecule has 0 radical (unpaired) electrons. The van der Waals surface area contributed by atoms with E-state index in [0.717, 1.165) is 35.9 Å². The van der Waals surface area contributed by atoms with E-state index in [1.165, 1.54) is 6.42 Å². The summed E-state index contributed by atoms with van der Waals surface area (Å²) in [5, 5.41) is 0. The van der Waals surface area contributed by atoms with Crippen LogP contribution in [-0.4, -0.2) is 28.0 Å². The number of pyridine rings is 1. The third kappa shape index (κ3) is 1.45. The molecule has 0 aliphatic carbocycles. The Balaban J connectivity index is 2.03. The quantitative estimate of drug-likeness (QED) is 0.837. The van der Waals surface area contributed by atoms with Crippen molar-refractivity contribution in [3.63, 3.8) is 0 Å². The lowest BCUT2D eigenvalue weighted by atomic mass is 10.2. The van der Waals surface area contributed by atoms with E-state index in [1.807, 2.05) is 0 Å². The number of aromatic amines is 1. The van der Waals surface area contributed by atoms with Crippen LogP contribution in [0.2, 0.25) is 0 Å². The van der Waals surface area contributed by atoms with Crippen LogP contribution in [0.15, 0.2) is 12.1 Å². The van der Waals surface area contributed by atoms with Gasteiger partial charge in [0.15, 0.2) is 5.65 Å². The van der Waals surface area contributed by atoms with Gasteiger partial charge in [-0.05, 0) is 18.6 Å². The summed E-state index contributed by atoms with van der Waals surface area (Å²) in [6.45, 7) is 6.52. The molecule has 1 N–H and O–H groups in total. The first-order chi connectivity index (χ1) is 7.74. The number of hydrogen-bond acceptors (Lipinski definition) is 3. The smallest absolute Gasteiger partial charge is 0.179 e. The number of rotatable bonds is 2. The highest BCUT2D eigenvalue weighted by atomic mass is 15.2. The molecule has 0 bridgehead atoms. The second-order valence-corrected chi connectivity index (χ2v) is 4.66. The summed E-state index contributed by atoms with van der Waals surface area (Å²) in [4.78, 5) is 14.7. The first kappa shape index (κ1) is 9.63. The Morgan fingerprint density at radius 2 is 2.06 bits per heavy atom. The van der Waals surface area contributed by atoms with Gasteiger partial charge in [-0.3, -0.25) is 0 Å². The molecule has 4 heteroatoms. The second-order valence-electron chi connectivity index (χ2n) is 4.66. The van der Waals surface area contributed by atoms with Crippen LogP contribution in [0.3, 0.4) is 0 Å². The number of nitrogens with one attached hydrogen (secondary N) is 1. The van der Waals surface area contributed by atoms with Crippen LogP contribution in [0.4, 0.5) is 5.82 Å². The molecule has 1 fully saturated rings. The van der Waals surface area contributed by atoms with E-state index in [-0.39, 0.29) is 0 Å².